The molecule has 0 aliphatic carbocycles. The molecule has 0 spiro atoms. The summed E-state index contributed by atoms with van der Waals surface area (Å²) in [5.41, 5.74) is 6.25. The normalized spacial score (nSPS) is 12.4. The van der Waals surface area contributed by atoms with E-state index in [2.05, 4.69) is 78.0 Å². The number of carbonyl (C=O) groups is 2. The van der Waals surface area contributed by atoms with Crippen molar-refractivity contribution in [3.63, 3.8) is 0 Å². The third-order valence-corrected chi connectivity index (χ3v) is 8.04. The molecule has 51 heavy (non-hydrogen) atoms. The number of amides is 2. The Balaban J connectivity index is 0.000000276. The van der Waals surface area contributed by atoms with Crippen molar-refractivity contribution in [2.24, 2.45) is 4.99 Å². The maximum absolute atomic E-state index is 11.8. The maximum atomic E-state index is 11.8. The highest BCUT2D eigenvalue weighted by atomic mass is 16.5. The second kappa shape index (κ2) is 23.2. The Morgan fingerprint density at radius 1 is 0.843 bits per heavy atom. The van der Waals surface area contributed by atoms with Gasteiger partial charge < -0.3 is 35.2 Å². The number of unbranched alkanes of at least 4 members (excludes halogenated alkanes) is 1. The van der Waals surface area contributed by atoms with E-state index in [0.29, 0.717) is 50.7 Å². The van der Waals surface area contributed by atoms with Crippen LogP contribution in [0.1, 0.15) is 50.2 Å². The average molecular weight is 705 g/mol. The number of hydrogen-bond acceptors (Lipinski definition) is 11. The molecule has 3 aromatic rings. The minimum Gasteiger partial charge on any atom is -0.385 e. The van der Waals surface area contributed by atoms with Crippen molar-refractivity contribution in [3.8, 4) is 11.3 Å². The van der Waals surface area contributed by atoms with Gasteiger partial charge in [-0.3, -0.25) is 19.7 Å². The van der Waals surface area contributed by atoms with Crippen molar-refractivity contribution in [1.29, 1.82) is 0 Å². The molecule has 0 saturated heterocycles. The number of anilines is 2. The standard InChI is InChI=1S/C19H29N5O2.C18H27N5O2/c1-20-10-11-24(2)14-16-8-9-21-19(16)15-6-7-17(22-13-15)23-18(25)5-4-12-26-3;1-4-5-9-23(2)13-15-12-20-22-18(15)14-6-7-16(19-11-14)21-17(24)8-10-25-3/h6-8,13,20H,4-5,9-12,14H2,1-3H3,(H,22,23,25);6-7,11-12H,4-5,8-10,13H2,1-3H3,(H,20,22)(H,19,21,24). The summed E-state index contributed by atoms with van der Waals surface area (Å²) in [5, 5.41) is 16.0. The van der Waals surface area contributed by atoms with E-state index < -0.39 is 0 Å². The Hall–Kier alpha value is -4.34. The molecule has 3 aromatic heterocycles. The highest BCUT2D eigenvalue weighted by molar-refractivity contribution is 6.14. The molecule has 0 aromatic carbocycles. The highest BCUT2D eigenvalue weighted by Crippen LogP contribution is 2.23. The molecule has 2 amide bonds. The SMILES string of the molecule is CCCCN(C)Cc1cn[nH]c1-c1ccc(NC(=O)CCOC)nc1.CNCCN(C)CC1=CCN=C1c1ccc(NC(=O)CCCOC)nc1. The number of H-pyrrole nitrogens is 1. The smallest absolute Gasteiger partial charge is 0.227 e. The van der Waals surface area contributed by atoms with Crippen molar-refractivity contribution in [1.82, 2.24) is 35.3 Å². The minimum absolute atomic E-state index is 0.0488. The van der Waals surface area contributed by atoms with Gasteiger partial charge in [-0.05, 0) is 70.4 Å². The van der Waals surface area contributed by atoms with Crippen LogP contribution in [0, 0.1) is 0 Å². The van der Waals surface area contributed by atoms with Crippen LogP contribution in [0.4, 0.5) is 11.6 Å². The van der Waals surface area contributed by atoms with E-state index in [1.807, 2.05) is 31.4 Å². The van der Waals surface area contributed by atoms with E-state index in [9.17, 15) is 9.59 Å². The van der Waals surface area contributed by atoms with Gasteiger partial charge in [0.2, 0.25) is 11.8 Å². The molecule has 4 heterocycles. The molecule has 0 unspecified atom stereocenters. The summed E-state index contributed by atoms with van der Waals surface area (Å²) in [5.74, 6) is 0.937. The van der Waals surface area contributed by atoms with E-state index in [0.717, 1.165) is 60.8 Å². The van der Waals surface area contributed by atoms with E-state index in [1.165, 1.54) is 18.4 Å². The lowest BCUT2D eigenvalue weighted by atomic mass is 10.0. The van der Waals surface area contributed by atoms with Crippen molar-refractivity contribution >= 4 is 29.2 Å². The predicted molar refractivity (Wildman–Crippen MR) is 203 cm³/mol. The van der Waals surface area contributed by atoms with Crippen LogP contribution in [0.5, 0.6) is 0 Å². The quantitative estimate of drug-likeness (QED) is 0.119. The van der Waals surface area contributed by atoms with Gasteiger partial charge in [-0.25, -0.2) is 9.97 Å². The number of methoxy groups -OCH3 is 2. The van der Waals surface area contributed by atoms with Gasteiger partial charge in [0.05, 0.1) is 37.2 Å². The summed E-state index contributed by atoms with van der Waals surface area (Å²) in [6.07, 6.45) is 11.4. The number of aromatic nitrogens is 4. The fraction of sp³-hybridized carbons (Fsp3) is 0.514. The third-order valence-electron chi connectivity index (χ3n) is 8.04. The van der Waals surface area contributed by atoms with Crippen LogP contribution in [0.2, 0.25) is 0 Å². The summed E-state index contributed by atoms with van der Waals surface area (Å²) in [6.45, 7) is 8.57. The Labute approximate surface area is 302 Å². The number of nitrogens with one attached hydrogen (secondary N) is 4. The van der Waals surface area contributed by atoms with Gasteiger partial charge in [-0.1, -0.05) is 19.4 Å². The molecule has 0 bridgehead atoms. The second-order valence-electron chi connectivity index (χ2n) is 12.4. The van der Waals surface area contributed by atoms with Crippen LogP contribution < -0.4 is 16.0 Å². The second-order valence-corrected chi connectivity index (χ2v) is 12.4. The van der Waals surface area contributed by atoms with Gasteiger partial charge in [-0.2, -0.15) is 5.10 Å². The molecular formula is C37H56N10O4. The number of ether oxygens (including phenoxy) is 2. The Morgan fingerprint density at radius 3 is 2.14 bits per heavy atom. The van der Waals surface area contributed by atoms with Gasteiger partial charge in [0.15, 0.2) is 0 Å². The third kappa shape index (κ3) is 14.8. The van der Waals surface area contributed by atoms with Crippen molar-refractivity contribution in [3.05, 3.63) is 65.6 Å². The first-order chi connectivity index (χ1) is 24.8. The summed E-state index contributed by atoms with van der Waals surface area (Å²) < 4.78 is 9.84. The minimum atomic E-state index is -0.109. The van der Waals surface area contributed by atoms with Crippen LogP contribution in [0.3, 0.4) is 0 Å². The largest absolute Gasteiger partial charge is 0.385 e. The lowest BCUT2D eigenvalue weighted by molar-refractivity contribution is -0.117. The van der Waals surface area contributed by atoms with Crippen molar-refractivity contribution < 1.29 is 19.1 Å². The number of likely N-dealkylation sites (N-methyl/N-ethyl adjacent to an activating group) is 2. The van der Waals surface area contributed by atoms with Crippen LogP contribution in [0.15, 0.2) is 59.5 Å². The van der Waals surface area contributed by atoms with E-state index in [-0.39, 0.29) is 11.8 Å². The monoisotopic (exact) mass is 704 g/mol. The molecule has 1 aliphatic rings. The average Bonchev–Trinajstić information content (AvgIpc) is 3.79. The molecular weight excluding hydrogens is 648 g/mol. The van der Waals surface area contributed by atoms with Crippen molar-refractivity contribution in [2.75, 3.05) is 91.9 Å². The number of aromatic amines is 1. The zero-order valence-electron chi connectivity index (χ0n) is 31.1. The first kappa shape index (κ1) is 41.1. The predicted octanol–water partition coefficient (Wildman–Crippen LogP) is 4.01. The summed E-state index contributed by atoms with van der Waals surface area (Å²) in [6, 6.07) is 7.52. The number of rotatable bonds is 21. The van der Waals surface area contributed by atoms with E-state index >= 15 is 0 Å². The topological polar surface area (TPSA) is 162 Å². The molecule has 14 heteroatoms. The van der Waals surface area contributed by atoms with E-state index in [1.54, 1.807) is 32.7 Å². The van der Waals surface area contributed by atoms with Gasteiger partial charge >= 0.3 is 0 Å². The number of pyridine rings is 2. The van der Waals surface area contributed by atoms with E-state index in [4.69, 9.17) is 9.47 Å². The number of aliphatic imine (C=N–C) groups is 1. The molecule has 278 valence electrons. The molecule has 0 atom stereocenters. The molecule has 1 aliphatic heterocycles. The molecule has 0 saturated carbocycles. The highest BCUT2D eigenvalue weighted by Gasteiger charge is 2.17. The Bertz CT molecular complexity index is 1520. The summed E-state index contributed by atoms with van der Waals surface area (Å²) in [4.78, 5) is 41.4. The number of nitrogens with zero attached hydrogens (tertiary/aromatic N) is 6. The lowest BCUT2D eigenvalue weighted by Crippen LogP contribution is -2.30. The zero-order chi connectivity index (χ0) is 36.8. The van der Waals surface area contributed by atoms with Crippen molar-refractivity contribution in [2.45, 2.75) is 45.6 Å². The molecule has 0 fully saturated rings. The van der Waals surface area contributed by atoms with Crippen LogP contribution >= 0.6 is 0 Å². The molecule has 4 rings (SSSR count). The Morgan fingerprint density at radius 2 is 1.51 bits per heavy atom. The maximum Gasteiger partial charge on any atom is 0.227 e. The van der Waals surface area contributed by atoms with Gasteiger partial charge in [0.1, 0.15) is 11.6 Å². The van der Waals surface area contributed by atoms with Gasteiger partial charge in [0.25, 0.3) is 0 Å². The first-order valence-electron chi connectivity index (χ1n) is 17.6. The summed E-state index contributed by atoms with van der Waals surface area (Å²) in [7, 11) is 9.38. The zero-order valence-corrected chi connectivity index (χ0v) is 31.1. The fourth-order valence-corrected chi connectivity index (χ4v) is 5.22. The molecule has 14 nitrogen and oxygen atoms in total. The molecule has 0 radical (unpaired) electrons. The lowest BCUT2D eigenvalue weighted by Gasteiger charge is -2.18. The molecule has 4 N–H and O–H groups in total. The fourth-order valence-electron chi connectivity index (χ4n) is 5.22. The summed E-state index contributed by atoms with van der Waals surface area (Å²) >= 11 is 0. The first-order valence-corrected chi connectivity index (χ1v) is 17.6. The van der Waals surface area contributed by atoms with Crippen LogP contribution in [0.25, 0.3) is 11.3 Å². The van der Waals surface area contributed by atoms with Gasteiger partial charge in [0, 0.05) is 82.5 Å². The Kier molecular flexibility index (Phi) is 18.7. The number of carbonyl (C=O) groups excluding carboxylic acids is 2. The van der Waals surface area contributed by atoms with Crippen LogP contribution in [-0.2, 0) is 25.6 Å². The number of hydrogen-bond donors (Lipinski definition) is 4. The van der Waals surface area contributed by atoms with Crippen LogP contribution in [-0.4, -0.2) is 129 Å². The van der Waals surface area contributed by atoms with Gasteiger partial charge in [-0.15, -0.1) is 0 Å².